The first kappa shape index (κ1) is 24.7. The maximum atomic E-state index is 13.3. The monoisotopic (exact) mass is 503 g/mol. The fourth-order valence-electron chi connectivity index (χ4n) is 7.86. The van der Waals surface area contributed by atoms with Gasteiger partial charge < -0.3 is 25.1 Å². The second-order valence-electron chi connectivity index (χ2n) is 12.5. The molecular formula is C30H41N5O2. The van der Waals surface area contributed by atoms with Gasteiger partial charge in [0.25, 0.3) is 5.91 Å². The van der Waals surface area contributed by atoms with E-state index in [1.165, 1.54) is 11.3 Å². The van der Waals surface area contributed by atoms with Gasteiger partial charge in [0.1, 0.15) is 11.5 Å². The molecule has 5 aliphatic rings. The van der Waals surface area contributed by atoms with Crippen LogP contribution >= 0.6 is 0 Å². The number of nitrogens with one attached hydrogen (secondary N) is 1. The molecule has 1 amide bonds. The summed E-state index contributed by atoms with van der Waals surface area (Å²) in [5.41, 5.74) is 2.60. The van der Waals surface area contributed by atoms with Crippen LogP contribution in [0, 0.1) is 17.8 Å². The van der Waals surface area contributed by atoms with E-state index in [0.717, 1.165) is 64.1 Å². The lowest BCUT2D eigenvalue weighted by Crippen LogP contribution is -2.61. The molecule has 0 spiro atoms. The molecule has 4 saturated carbocycles. The molecule has 2 N–H and O–H groups in total. The van der Waals surface area contributed by atoms with E-state index in [-0.39, 0.29) is 18.0 Å². The highest BCUT2D eigenvalue weighted by molar-refractivity contribution is 5.93. The number of nitrogens with zero attached hydrogens (tertiary/aromatic N) is 4. The van der Waals surface area contributed by atoms with Crippen molar-refractivity contribution in [2.45, 2.75) is 63.3 Å². The Bertz CT molecular complexity index is 1120. The number of aliphatic hydroxyl groups is 1. The average molecular weight is 504 g/mol. The smallest absolute Gasteiger partial charge is 0.270 e. The van der Waals surface area contributed by atoms with Gasteiger partial charge in [-0.1, -0.05) is 18.2 Å². The highest BCUT2D eigenvalue weighted by Gasteiger charge is 2.55. The minimum absolute atomic E-state index is 0.0737. The Morgan fingerprint density at radius 3 is 2.46 bits per heavy atom. The first-order valence-corrected chi connectivity index (χ1v) is 14.0. The van der Waals surface area contributed by atoms with Crippen molar-refractivity contribution in [3.05, 3.63) is 53.7 Å². The Kier molecular flexibility index (Phi) is 6.40. The number of rotatable bonds is 6. The molecule has 5 fully saturated rings. The number of hydrogen-bond donors (Lipinski definition) is 2. The van der Waals surface area contributed by atoms with Crippen LogP contribution in [0.1, 0.15) is 55.1 Å². The predicted octanol–water partition coefficient (Wildman–Crippen LogP) is 3.53. The van der Waals surface area contributed by atoms with Crippen molar-refractivity contribution in [1.82, 2.24) is 15.2 Å². The summed E-state index contributed by atoms with van der Waals surface area (Å²) in [6.07, 6.45) is 4.89. The van der Waals surface area contributed by atoms with E-state index in [1.807, 2.05) is 18.2 Å². The van der Waals surface area contributed by atoms with Crippen LogP contribution < -0.4 is 15.1 Å². The normalized spacial score (nSPS) is 32.7. The standard InChI is InChI=1S/C30H41N5O2/c1-20-18-34(25-9-7-21(8-10-25)19-33(2)3)11-12-35(20)27-6-4-5-26(31-27)29(36)32-28-23-13-22-14-24(28)17-30(37,15-22)16-23/h4-10,20,22-24,28,37H,11-19H2,1-3H3,(H,32,36)/t20-,22?,23?,24?,28?,30?/m1/s1. The number of benzene rings is 1. The number of hydrogen-bond acceptors (Lipinski definition) is 6. The largest absolute Gasteiger partial charge is 0.390 e. The number of aromatic nitrogens is 1. The van der Waals surface area contributed by atoms with Crippen LogP contribution in [-0.4, -0.2) is 72.3 Å². The Morgan fingerprint density at radius 1 is 1.08 bits per heavy atom. The summed E-state index contributed by atoms with van der Waals surface area (Å²) in [4.78, 5) is 25.1. The van der Waals surface area contributed by atoms with E-state index in [4.69, 9.17) is 4.98 Å². The second kappa shape index (κ2) is 9.59. The lowest BCUT2D eigenvalue weighted by atomic mass is 9.52. The number of anilines is 2. The number of piperazine rings is 1. The lowest BCUT2D eigenvalue weighted by Gasteiger charge is -2.58. The summed E-state index contributed by atoms with van der Waals surface area (Å²) in [7, 11) is 4.19. The summed E-state index contributed by atoms with van der Waals surface area (Å²) < 4.78 is 0. The molecule has 37 heavy (non-hydrogen) atoms. The topological polar surface area (TPSA) is 71.9 Å². The molecule has 1 saturated heterocycles. The maximum absolute atomic E-state index is 13.3. The van der Waals surface area contributed by atoms with Crippen LogP contribution in [0.3, 0.4) is 0 Å². The van der Waals surface area contributed by atoms with E-state index in [1.54, 1.807) is 0 Å². The molecule has 1 aromatic heterocycles. The van der Waals surface area contributed by atoms with Crippen molar-refractivity contribution in [3.63, 3.8) is 0 Å². The van der Waals surface area contributed by atoms with Gasteiger partial charge in [0.15, 0.2) is 0 Å². The highest BCUT2D eigenvalue weighted by atomic mass is 16.3. The van der Waals surface area contributed by atoms with E-state index in [0.29, 0.717) is 23.4 Å². The zero-order chi connectivity index (χ0) is 25.7. The van der Waals surface area contributed by atoms with Crippen molar-refractivity contribution in [2.24, 2.45) is 17.8 Å². The van der Waals surface area contributed by atoms with Crippen molar-refractivity contribution in [2.75, 3.05) is 43.5 Å². The van der Waals surface area contributed by atoms with Crippen LogP contribution in [-0.2, 0) is 6.54 Å². The second-order valence-corrected chi connectivity index (χ2v) is 12.5. The number of carbonyl (C=O) groups excluding carboxylic acids is 1. The van der Waals surface area contributed by atoms with Gasteiger partial charge in [-0.25, -0.2) is 4.98 Å². The van der Waals surface area contributed by atoms with Crippen LogP contribution in [0.5, 0.6) is 0 Å². The molecule has 2 unspecified atom stereocenters. The van der Waals surface area contributed by atoms with Gasteiger partial charge in [-0.15, -0.1) is 0 Å². The van der Waals surface area contributed by atoms with Gasteiger partial charge in [0, 0.05) is 44.0 Å². The summed E-state index contributed by atoms with van der Waals surface area (Å²) in [5.74, 6) is 2.23. The molecular weight excluding hydrogens is 462 g/mol. The minimum atomic E-state index is -0.484. The molecule has 7 heteroatoms. The predicted molar refractivity (Wildman–Crippen MR) is 147 cm³/mol. The van der Waals surface area contributed by atoms with E-state index < -0.39 is 5.60 Å². The molecule has 7 rings (SSSR count). The average Bonchev–Trinajstić information content (AvgIpc) is 2.85. The molecule has 7 nitrogen and oxygen atoms in total. The van der Waals surface area contributed by atoms with Crippen molar-refractivity contribution >= 4 is 17.4 Å². The quantitative estimate of drug-likeness (QED) is 0.629. The first-order chi connectivity index (χ1) is 17.8. The SMILES string of the molecule is C[C@@H]1CN(c2ccc(CN(C)C)cc2)CCN1c1cccc(C(=O)NC2C3CC4CC2CC(O)(C4)C3)n1. The van der Waals surface area contributed by atoms with Gasteiger partial charge >= 0.3 is 0 Å². The molecule has 4 bridgehead atoms. The third kappa shape index (κ3) is 4.96. The molecule has 1 aliphatic heterocycles. The zero-order valence-electron chi connectivity index (χ0n) is 22.4. The van der Waals surface area contributed by atoms with Gasteiger partial charge in [-0.05, 0) is 101 Å². The molecule has 0 radical (unpaired) electrons. The van der Waals surface area contributed by atoms with Gasteiger partial charge in [-0.2, -0.15) is 0 Å². The van der Waals surface area contributed by atoms with Crippen molar-refractivity contribution < 1.29 is 9.90 Å². The van der Waals surface area contributed by atoms with Gasteiger partial charge in [-0.3, -0.25) is 4.79 Å². The Balaban J connectivity index is 1.09. The van der Waals surface area contributed by atoms with Gasteiger partial charge in [0.2, 0.25) is 0 Å². The zero-order valence-corrected chi connectivity index (χ0v) is 22.4. The summed E-state index contributed by atoms with van der Waals surface area (Å²) in [5, 5.41) is 14.2. The first-order valence-electron chi connectivity index (χ1n) is 14.0. The van der Waals surface area contributed by atoms with Gasteiger partial charge in [0.05, 0.1) is 5.60 Å². The van der Waals surface area contributed by atoms with Crippen molar-refractivity contribution in [3.8, 4) is 0 Å². The fraction of sp³-hybridized carbons (Fsp3) is 0.600. The molecule has 2 heterocycles. The number of pyridine rings is 1. The van der Waals surface area contributed by atoms with E-state index in [2.05, 4.69) is 65.3 Å². The van der Waals surface area contributed by atoms with Crippen LogP contribution in [0.15, 0.2) is 42.5 Å². The Labute approximate surface area is 220 Å². The Morgan fingerprint density at radius 2 is 1.81 bits per heavy atom. The molecule has 3 atom stereocenters. The number of carbonyl (C=O) groups is 1. The number of amides is 1. The van der Waals surface area contributed by atoms with Crippen LogP contribution in [0.2, 0.25) is 0 Å². The lowest BCUT2D eigenvalue weighted by molar-refractivity contribution is -0.136. The van der Waals surface area contributed by atoms with E-state index in [9.17, 15) is 9.90 Å². The highest BCUT2D eigenvalue weighted by Crippen LogP contribution is 2.55. The summed E-state index contributed by atoms with van der Waals surface area (Å²) in [6.45, 7) is 5.89. The molecule has 2 aromatic rings. The van der Waals surface area contributed by atoms with Crippen LogP contribution in [0.4, 0.5) is 11.5 Å². The maximum Gasteiger partial charge on any atom is 0.270 e. The van der Waals surface area contributed by atoms with E-state index >= 15 is 0 Å². The van der Waals surface area contributed by atoms with Crippen LogP contribution in [0.25, 0.3) is 0 Å². The summed E-state index contributed by atoms with van der Waals surface area (Å²) in [6, 6.07) is 15.2. The third-order valence-electron chi connectivity index (χ3n) is 9.23. The molecule has 198 valence electrons. The Hall–Kier alpha value is -2.64. The summed E-state index contributed by atoms with van der Waals surface area (Å²) >= 11 is 0. The fourth-order valence-corrected chi connectivity index (χ4v) is 7.86. The van der Waals surface area contributed by atoms with Crippen molar-refractivity contribution in [1.29, 1.82) is 0 Å². The molecule has 1 aromatic carbocycles. The molecule has 4 aliphatic carbocycles. The third-order valence-corrected chi connectivity index (χ3v) is 9.23. The minimum Gasteiger partial charge on any atom is -0.390 e.